The molecule has 4 heteroatoms. The zero-order valence-electron chi connectivity index (χ0n) is 13.5. The summed E-state index contributed by atoms with van der Waals surface area (Å²) < 4.78 is 23.5. The predicted molar refractivity (Wildman–Crippen MR) is 84.6 cm³/mol. The molecule has 0 spiro atoms. The zero-order chi connectivity index (χ0) is 15.0. The Balaban J connectivity index is 1.93. The Labute approximate surface area is 124 Å². The Bertz CT molecular complexity index is 430. The minimum atomic E-state index is -2.87. The Morgan fingerprint density at radius 1 is 1.05 bits per heavy atom. The van der Waals surface area contributed by atoms with Gasteiger partial charge in [-0.05, 0) is 49.9 Å². The summed E-state index contributed by atoms with van der Waals surface area (Å²) in [6.07, 6.45) is 9.00. The molecule has 0 aromatic carbocycles. The third-order valence-corrected chi connectivity index (χ3v) is 6.73. The Kier molecular flexibility index (Phi) is 4.85. The fraction of sp³-hybridized carbons (Fsp3) is 1.00. The van der Waals surface area contributed by atoms with E-state index in [2.05, 4.69) is 26.1 Å². The second-order valence-corrected chi connectivity index (χ2v) is 10.4. The van der Waals surface area contributed by atoms with Crippen molar-refractivity contribution in [3.63, 3.8) is 0 Å². The SMILES string of the molecule is C[C@@H]1C[C@H](N[C@H]2CCC[C@H](S(C)(=O)=O)C2)CC(C)(C)C1. The molecule has 0 amide bonds. The van der Waals surface area contributed by atoms with Crippen molar-refractivity contribution in [2.45, 2.75) is 83.1 Å². The van der Waals surface area contributed by atoms with Crippen LogP contribution in [0.15, 0.2) is 0 Å². The second kappa shape index (κ2) is 5.96. The molecule has 0 bridgehead atoms. The van der Waals surface area contributed by atoms with Crippen molar-refractivity contribution in [2.75, 3.05) is 6.26 Å². The molecule has 0 heterocycles. The van der Waals surface area contributed by atoms with Crippen molar-refractivity contribution in [3.8, 4) is 0 Å². The number of rotatable bonds is 3. The van der Waals surface area contributed by atoms with E-state index in [9.17, 15) is 8.42 Å². The quantitative estimate of drug-likeness (QED) is 0.871. The first-order valence-corrected chi connectivity index (χ1v) is 10.1. The summed E-state index contributed by atoms with van der Waals surface area (Å²) in [5, 5.41) is 3.66. The molecule has 0 radical (unpaired) electrons. The third-order valence-electron chi connectivity index (χ3n) is 5.09. The standard InChI is InChI=1S/C16H31NO2S/c1-12-8-14(11-16(2,3)10-12)17-13-6-5-7-15(9-13)20(4,18)19/h12-15,17H,5-11H2,1-4H3/t12-,13+,14+,15+/m1/s1. The maximum Gasteiger partial charge on any atom is 0.150 e. The maximum atomic E-state index is 11.8. The summed E-state index contributed by atoms with van der Waals surface area (Å²) in [6.45, 7) is 7.06. The lowest BCUT2D eigenvalue weighted by molar-refractivity contribution is 0.139. The van der Waals surface area contributed by atoms with Gasteiger partial charge in [-0.15, -0.1) is 0 Å². The molecule has 0 saturated heterocycles. The molecule has 0 aromatic rings. The number of sulfone groups is 1. The summed E-state index contributed by atoms with van der Waals surface area (Å²) in [5.74, 6) is 0.769. The van der Waals surface area contributed by atoms with E-state index in [4.69, 9.17) is 0 Å². The summed E-state index contributed by atoms with van der Waals surface area (Å²) in [4.78, 5) is 0. The van der Waals surface area contributed by atoms with E-state index < -0.39 is 9.84 Å². The van der Waals surface area contributed by atoms with Crippen LogP contribution in [0.3, 0.4) is 0 Å². The van der Waals surface area contributed by atoms with Gasteiger partial charge in [0.05, 0.1) is 5.25 Å². The van der Waals surface area contributed by atoms with Gasteiger partial charge in [0, 0.05) is 18.3 Å². The van der Waals surface area contributed by atoms with Crippen LogP contribution in [0.1, 0.15) is 65.7 Å². The molecule has 118 valence electrons. The third kappa shape index (κ3) is 4.45. The first-order valence-electron chi connectivity index (χ1n) is 8.11. The minimum Gasteiger partial charge on any atom is -0.311 e. The lowest BCUT2D eigenvalue weighted by atomic mass is 9.70. The molecule has 20 heavy (non-hydrogen) atoms. The largest absolute Gasteiger partial charge is 0.311 e. The Hall–Kier alpha value is -0.0900. The predicted octanol–water partition coefficient (Wildman–Crippen LogP) is 3.15. The van der Waals surface area contributed by atoms with Gasteiger partial charge in [-0.3, -0.25) is 0 Å². The summed E-state index contributed by atoms with van der Waals surface area (Å²) in [6, 6.07) is 0.964. The van der Waals surface area contributed by atoms with Gasteiger partial charge in [-0.25, -0.2) is 8.42 Å². The van der Waals surface area contributed by atoms with Gasteiger partial charge in [0.2, 0.25) is 0 Å². The molecule has 2 fully saturated rings. The highest BCUT2D eigenvalue weighted by molar-refractivity contribution is 7.91. The highest BCUT2D eigenvalue weighted by Crippen LogP contribution is 2.39. The lowest BCUT2D eigenvalue weighted by Crippen LogP contribution is -2.47. The molecule has 1 N–H and O–H groups in total. The molecule has 3 nitrogen and oxygen atoms in total. The molecule has 2 rings (SSSR count). The zero-order valence-corrected chi connectivity index (χ0v) is 14.3. The molecular weight excluding hydrogens is 270 g/mol. The van der Waals surface area contributed by atoms with Crippen molar-refractivity contribution < 1.29 is 8.42 Å². The van der Waals surface area contributed by atoms with Crippen molar-refractivity contribution in [3.05, 3.63) is 0 Å². The van der Waals surface area contributed by atoms with Crippen LogP contribution in [-0.2, 0) is 9.84 Å². The van der Waals surface area contributed by atoms with Crippen LogP contribution >= 0.6 is 0 Å². The van der Waals surface area contributed by atoms with Crippen LogP contribution in [0.5, 0.6) is 0 Å². The van der Waals surface area contributed by atoms with E-state index in [1.54, 1.807) is 0 Å². The maximum absolute atomic E-state index is 11.8. The normalized spacial score (nSPS) is 38.6. The lowest BCUT2D eigenvalue weighted by Gasteiger charge is -2.42. The van der Waals surface area contributed by atoms with Crippen LogP contribution in [0.25, 0.3) is 0 Å². The number of hydrogen-bond donors (Lipinski definition) is 1. The van der Waals surface area contributed by atoms with Gasteiger partial charge >= 0.3 is 0 Å². The van der Waals surface area contributed by atoms with Crippen molar-refractivity contribution in [1.29, 1.82) is 0 Å². The first kappa shape index (κ1) is 16.3. The molecular formula is C16H31NO2S. The van der Waals surface area contributed by atoms with Crippen LogP contribution in [-0.4, -0.2) is 32.0 Å². The van der Waals surface area contributed by atoms with E-state index in [0.29, 0.717) is 17.5 Å². The minimum absolute atomic E-state index is 0.122. The van der Waals surface area contributed by atoms with Crippen LogP contribution in [0, 0.1) is 11.3 Å². The van der Waals surface area contributed by atoms with E-state index in [-0.39, 0.29) is 5.25 Å². The fourth-order valence-corrected chi connectivity index (χ4v) is 5.67. The topological polar surface area (TPSA) is 46.2 Å². The van der Waals surface area contributed by atoms with Gasteiger partial charge in [-0.2, -0.15) is 0 Å². The van der Waals surface area contributed by atoms with Crippen molar-refractivity contribution in [1.82, 2.24) is 5.32 Å². The molecule has 4 atom stereocenters. The second-order valence-electron chi connectivity index (χ2n) is 8.09. The van der Waals surface area contributed by atoms with Gasteiger partial charge in [0.25, 0.3) is 0 Å². The van der Waals surface area contributed by atoms with E-state index in [1.807, 2.05) is 0 Å². The fourth-order valence-electron chi connectivity index (χ4n) is 4.49. The summed E-state index contributed by atoms with van der Waals surface area (Å²) in [5.41, 5.74) is 0.417. The smallest absolute Gasteiger partial charge is 0.150 e. The van der Waals surface area contributed by atoms with Gasteiger partial charge < -0.3 is 5.32 Å². The van der Waals surface area contributed by atoms with E-state index in [1.165, 1.54) is 25.5 Å². The number of hydrogen-bond acceptors (Lipinski definition) is 3. The van der Waals surface area contributed by atoms with Crippen LogP contribution in [0.4, 0.5) is 0 Å². The van der Waals surface area contributed by atoms with Crippen molar-refractivity contribution >= 4 is 9.84 Å². The average Bonchev–Trinajstić information content (AvgIpc) is 2.25. The molecule has 0 aromatic heterocycles. The molecule has 2 aliphatic carbocycles. The van der Waals surface area contributed by atoms with Gasteiger partial charge in [0.15, 0.2) is 0 Å². The number of nitrogens with one attached hydrogen (secondary N) is 1. The molecule has 0 unspecified atom stereocenters. The van der Waals surface area contributed by atoms with E-state index >= 15 is 0 Å². The van der Waals surface area contributed by atoms with Crippen LogP contribution < -0.4 is 5.32 Å². The monoisotopic (exact) mass is 301 g/mol. The van der Waals surface area contributed by atoms with Crippen molar-refractivity contribution in [2.24, 2.45) is 11.3 Å². The highest BCUT2D eigenvalue weighted by atomic mass is 32.2. The van der Waals surface area contributed by atoms with Gasteiger partial charge in [0.1, 0.15) is 9.84 Å². The summed E-state index contributed by atoms with van der Waals surface area (Å²) >= 11 is 0. The average molecular weight is 301 g/mol. The molecule has 2 saturated carbocycles. The van der Waals surface area contributed by atoms with Gasteiger partial charge in [-0.1, -0.05) is 27.2 Å². The molecule has 0 aliphatic heterocycles. The highest BCUT2D eigenvalue weighted by Gasteiger charge is 2.35. The molecule has 2 aliphatic rings. The first-order chi connectivity index (χ1) is 9.16. The Morgan fingerprint density at radius 2 is 1.75 bits per heavy atom. The Morgan fingerprint density at radius 3 is 2.35 bits per heavy atom. The van der Waals surface area contributed by atoms with E-state index in [0.717, 1.165) is 31.6 Å². The van der Waals surface area contributed by atoms with Crippen LogP contribution in [0.2, 0.25) is 0 Å². The summed E-state index contributed by atoms with van der Waals surface area (Å²) in [7, 11) is -2.87.